The van der Waals surface area contributed by atoms with Gasteiger partial charge in [0.05, 0.1) is 6.20 Å². The summed E-state index contributed by atoms with van der Waals surface area (Å²) in [6.07, 6.45) is 2.50. The molecule has 5 heteroatoms. The van der Waals surface area contributed by atoms with Crippen LogP contribution in [-0.4, -0.2) is 15.3 Å². The average molecular weight is 271 g/mol. The summed E-state index contributed by atoms with van der Waals surface area (Å²) < 4.78 is 0.923. The zero-order valence-electron chi connectivity index (χ0n) is 7.09. The van der Waals surface area contributed by atoms with E-state index in [4.69, 9.17) is 0 Å². The Morgan fingerprint density at radius 2 is 2.21 bits per heavy atom. The van der Waals surface area contributed by atoms with Gasteiger partial charge in [-0.15, -0.1) is 0 Å². The lowest BCUT2D eigenvalue weighted by Gasteiger charge is -2.08. The molecule has 72 valence electrons. The predicted octanol–water partition coefficient (Wildman–Crippen LogP) is 2.38. The molecule has 2 aromatic heterocycles. The van der Waals surface area contributed by atoms with Crippen LogP contribution in [0.2, 0.25) is 0 Å². The van der Waals surface area contributed by atoms with Crippen molar-refractivity contribution >= 4 is 27.3 Å². The lowest BCUT2D eigenvalue weighted by molar-refractivity contribution is 0.219. The van der Waals surface area contributed by atoms with Crippen LogP contribution >= 0.6 is 27.3 Å². The predicted molar refractivity (Wildman–Crippen MR) is 58.1 cm³/mol. The van der Waals surface area contributed by atoms with E-state index in [2.05, 4.69) is 26.1 Å². The van der Waals surface area contributed by atoms with Crippen molar-refractivity contribution in [3.8, 4) is 0 Å². The molecule has 0 bridgehead atoms. The van der Waals surface area contributed by atoms with Crippen molar-refractivity contribution in [2.45, 2.75) is 6.10 Å². The average Bonchev–Trinajstić information content (AvgIpc) is 2.65. The third kappa shape index (κ3) is 1.84. The van der Waals surface area contributed by atoms with E-state index in [1.165, 1.54) is 0 Å². The first-order valence-corrected chi connectivity index (χ1v) is 5.69. The van der Waals surface area contributed by atoms with Gasteiger partial charge in [-0.1, -0.05) is 0 Å². The minimum absolute atomic E-state index is 0.633. The highest BCUT2D eigenvalue weighted by atomic mass is 79.9. The molecule has 14 heavy (non-hydrogen) atoms. The summed E-state index contributed by atoms with van der Waals surface area (Å²) in [5, 5.41) is 21.2. The van der Waals surface area contributed by atoms with Crippen molar-refractivity contribution in [3.05, 3.63) is 44.8 Å². The molecular formula is C9H7BrN2OS. The van der Waals surface area contributed by atoms with Crippen LogP contribution in [0.1, 0.15) is 17.2 Å². The highest BCUT2D eigenvalue weighted by Gasteiger charge is 2.14. The molecule has 0 amide bonds. The quantitative estimate of drug-likeness (QED) is 0.912. The lowest BCUT2D eigenvalue weighted by Crippen LogP contribution is -1.99. The molecule has 0 radical (unpaired) electrons. The second kappa shape index (κ2) is 4.16. The van der Waals surface area contributed by atoms with Gasteiger partial charge >= 0.3 is 0 Å². The first kappa shape index (κ1) is 9.76. The molecule has 0 aromatic carbocycles. The van der Waals surface area contributed by atoms with Crippen LogP contribution in [0.4, 0.5) is 0 Å². The van der Waals surface area contributed by atoms with Crippen LogP contribution in [0.15, 0.2) is 33.7 Å². The molecule has 2 rings (SSSR count). The summed E-state index contributed by atoms with van der Waals surface area (Å²) in [5.74, 6) is 0. The van der Waals surface area contributed by atoms with E-state index in [9.17, 15) is 5.11 Å². The van der Waals surface area contributed by atoms with Gasteiger partial charge in [-0.05, 0) is 27.4 Å². The SMILES string of the molecule is OC(c1ccnnc1)c1cscc1Br. The second-order valence-corrected chi connectivity index (χ2v) is 4.35. The van der Waals surface area contributed by atoms with Crippen molar-refractivity contribution < 1.29 is 5.11 Å². The minimum atomic E-state index is -0.633. The molecule has 1 N–H and O–H groups in total. The van der Waals surface area contributed by atoms with Gasteiger partial charge in [0.15, 0.2) is 0 Å². The number of aliphatic hydroxyl groups is 1. The maximum atomic E-state index is 9.97. The summed E-state index contributed by atoms with van der Waals surface area (Å²) >= 11 is 4.92. The zero-order chi connectivity index (χ0) is 9.97. The molecule has 0 aliphatic heterocycles. The third-order valence-electron chi connectivity index (χ3n) is 1.86. The smallest absolute Gasteiger partial charge is 0.108 e. The lowest BCUT2D eigenvalue weighted by atomic mass is 10.1. The van der Waals surface area contributed by atoms with Crippen LogP contribution in [0.5, 0.6) is 0 Å². The molecule has 0 aliphatic carbocycles. The molecule has 0 saturated heterocycles. The van der Waals surface area contributed by atoms with Crippen LogP contribution in [0.3, 0.4) is 0 Å². The van der Waals surface area contributed by atoms with Crippen molar-refractivity contribution in [1.29, 1.82) is 0 Å². The van der Waals surface area contributed by atoms with Crippen molar-refractivity contribution in [3.63, 3.8) is 0 Å². The van der Waals surface area contributed by atoms with Crippen LogP contribution in [0.25, 0.3) is 0 Å². The third-order valence-corrected chi connectivity index (χ3v) is 3.61. The Hall–Kier alpha value is -0.780. The number of hydrogen-bond acceptors (Lipinski definition) is 4. The minimum Gasteiger partial charge on any atom is -0.384 e. The Kier molecular flexibility index (Phi) is 2.90. The van der Waals surface area contributed by atoms with Crippen molar-refractivity contribution in [1.82, 2.24) is 10.2 Å². The highest BCUT2D eigenvalue weighted by Crippen LogP contribution is 2.30. The van der Waals surface area contributed by atoms with E-state index in [0.29, 0.717) is 0 Å². The first-order valence-electron chi connectivity index (χ1n) is 3.95. The molecular weight excluding hydrogens is 264 g/mol. The van der Waals surface area contributed by atoms with Crippen LogP contribution in [-0.2, 0) is 0 Å². The molecule has 0 spiro atoms. The number of aromatic nitrogens is 2. The summed E-state index contributed by atoms with van der Waals surface area (Å²) in [6, 6.07) is 1.75. The standard InChI is InChI=1S/C9H7BrN2OS/c10-8-5-14-4-7(8)9(13)6-1-2-11-12-3-6/h1-5,9,13H. The molecule has 2 heterocycles. The van der Waals surface area contributed by atoms with E-state index < -0.39 is 6.10 Å². The molecule has 3 nitrogen and oxygen atoms in total. The van der Waals surface area contributed by atoms with Gasteiger partial charge in [0, 0.05) is 27.2 Å². The topological polar surface area (TPSA) is 46.0 Å². The van der Waals surface area contributed by atoms with Gasteiger partial charge in [0.2, 0.25) is 0 Å². The summed E-state index contributed by atoms with van der Waals surface area (Å²) in [6.45, 7) is 0. The fourth-order valence-corrected chi connectivity index (χ4v) is 2.66. The summed E-state index contributed by atoms with van der Waals surface area (Å²) in [5.41, 5.74) is 1.61. The van der Waals surface area contributed by atoms with Gasteiger partial charge in [0.25, 0.3) is 0 Å². The largest absolute Gasteiger partial charge is 0.384 e. The van der Waals surface area contributed by atoms with E-state index >= 15 is 0 Å². The number of hydrogen-bond donors (Lipinski definition) is 1. The fourth-order valence-electron chi connectivity index (χ4n) is 1.13. The van der Waals surface area contributed by atoms with Gasteiger partial charge in [-0.25, -0.2) is 0 Å². The summed E-state index contributed by atoms with van der Waals surface area (Å²) in [4.78, 5) is 0. The Bertz CT molecular complexity index is 418. The number of rotatable bonds is 2. The molecule has 1 atom stereocenters. The zero-order valence-corrected chi connectivity index (χ0v) is 9.49. The second-order valence-electron chi connectivity index (χ2n) is 2.75. The fraction of sp³-hybridized carbons (Fsp3) is 0.111. The molecule has 0 saturated carbocycles. The maximum Gasteiger partial charge on any atom is 0.108 e. The van der Waals surface area contributed by atoms with Gasteiger partial charge < -0.3 is 5.11 Å². The van der Waals surface area contributed by atoms with E-state index in [-0.39, 0.29) is 0 Å². The number of nitrogens with zero attached hydrogens (tertiary/aromatic N) is 2. The molecule has 0 fully saturated rings. The normalized spacial score (nSPS) is 12.7. The van der Waals surface area contributed by atoms with Crippen molar-refractivity contribution in [2.75, 3.05) is 0 Å². The van der Waals surface area contributed by atoms with Crippen LogP contribution < -0.4 is 0 Å². The first-order chi connectivity index (χ1) is 6.79. The molecule has 0 aliphatic rings. The van der Waals surface area contributed by atoms with E-state index in [1.807, 2.05) is 10.8 Å². The van der Waals surface area contributed by atoms with Crippen molar-refractivity contribution in [2.24, 2.45) is 0 Å². The Balaban J connectivity index is 2.34. The number of thiophene rings is 1. The monoisotopic (exact) mass is 270 g/mol. The number of aliphatic hydroxyl groups excluding tert-OH is 1. The van der Waals surface area contributed by atoms with E-state index in [0.717, 1.165) is 15.6 Å². The Morgan fingerprint density at radius 1 is 1.36 bits per heavy atom. The van der Waals surface area contributed by atoms with Gasteiger partial charge in [-0.2, -0.15) is 21.5 Å². The highest BCUT2D eigenvalue weighted by molar-refractivity contribution is 9.10. The molecule has 2 aromatic rings. The Morgan fingerprint density at radius 3 is 2.79 bits per heavy atom. The van der Waals surface area contributed by atoms with Crippen LogP contribution in [0, 0.1) is 0 Å². The summed E-state index contributed by atoms with van der Waals surface area (Å²) in [7, 11) is 0. The maximum absolute atomic E-state index is 9.97. The van der Waals surface area contributed by atoms with E-state index in [1.54, 1.807) is 29.8 Å². The number of halogens is 1. The van der Waals surface area contributed by atoms with Gasteiger partial charge in [0.1, 0.15) is 6.10 Å². The van der Waals surface area contributed by atoms with Gasteiger partial charge in [-0.3, -0.25) is 0 Å². The Labute approximate surface area is 93.6 Å². The molecule has 1 unspecified atom stereocenters.